The fourth-order valence-electron chi connectivity index (χ4n) is 1.37. The van der Waals surface area contributed by atoms with Crippen LogP contribution in [0.2, 0.25) is 5.02 Å². The van der Waals surface area contributed by atoms with Crippen LogP contribution in [0.15, 0.2) is 34.0 Å². The summed E-state index contributed by atoms with van der Waals surface area (Å²) >= 11 is 6.55. The predicted octanol–water partition coefficient (Wildman–Crippen LogP) is 2.81. The molecule has 106 valence electrons. The number of rotatable bonds is 3. The van der Waals surface area contributed by atoms with Crippen molar-refractivity contribution in [1.82, 2.24) is 4.98 Å². The van der Waals surface area contributed by atoms with Crippen molar-refractivity contribution in [3.05, 3.63) is 39.9 Å². The molecule has 1 heterocycles. The third kappa shape index (κ3) is 2.60. The number of sulfonamides is 1. The normalized spacial score (nSPS) is 11.3. The first-order valence-electron chi connectivity index (χ1n) is 4.95. The van der Waals surface area contributed by atoms with Gasteiger partial charge in [-0.05, 0) is 18.2 Å². The Morgan fingerprint density at radius 1 is 1.45 bits per heavy atom. The number of carboxylic acid groups (broad SMARTS) is 1. The van der Waals surface area contributed by atoms with Crippen LogP contribution in [0.25, 0.3) is 0 Å². The SMILES string of the molecule is O=C(O)N(c1cscn1)S(=O)(=O)c1ccc(F)c(Cl)c1. The van der Waals surface area contributed by atoms with Gasteiger partial charge in [0.15, 0.2) is 5.82 Å². The number of benzene rings is 1. The Morgan fingerprint density at radius 2 is 2.15 bits per heavy atom. The molecule has 1 amide bonds. The van der Waals surface area contributed by atoms with Gasteiger partial charge in [0.1, 0.15) is 5.82 Å². The van der Waals surface area contributed by atoms with E-state index in [0.29, 0.717) is 0 Å². The van der Waals surface area contributed by atoms with Crippen LogP contribution in [-0.2, 0) is 10.0 Å². The van der Waals surface area contributed by atoms with Gasteiger partial charge in [-0.15, -0.1) is 15.6 Å². The van der Waals surface area contributed by atoms with Crippen molar-refractivity contribution in [3.63, 3.8) is 0 Å². The molecule has 0 radical (unpaired) electrons. The maximum atomic E-state index is 13.1. The van der Waals surface area contributed by atoms with E-state index in [2.05, 4.69) is 4.98 Å². The Balaban J connectivity index is 2.57. The summed E-state index contributed by atoms with van der Waals surface area (Å²) in [6, 6.07) is 2.61. The van der Waals surface area contributed by atoms with Crippen molar-refractivity contribution >= 4 is 44.9 Å². The third-order valence-corrected chi connectivity index (χ3v) is 4.77. The molecule has 1 aromatic carbocycles. The van der Waals surface area contributed by atoms with Crippen LogP contribution in [0.5, 0.6) is 0 Å². The summed E-state index contributed by atoms with van der Waals surface area (Å²) in [5.74, 6) is -1.07. The van der Waals surface area contributed by atoms with Gasteiger partial charge in [0, 0.05) is 5.38 Å². The summed E-state index contributed by atoms with van der Waals surface area (Å²) in [6.45, 7) is 0. The molecule has 10 heteroatoms. The second kappa shape index (κ2) is 5.35. The second-order valence-corrected chi connectivity index (χ2v) is 6.39. The van der Waals surface area contributed by atoms with Gasteiger partial charge in [-0.3, -0.25) is 0 Å². The maximum Gasteiger partial charge on any atom is 0.427 e. The molecule has 0 aliphatic carbocycles. The van der Waals surface area contributed by atoms with E-state index in [9.17, 15) is 17.6 Å². The van der Waals surface area contributed by atoms with Crippen molar-refractivity contribution < 1.29 is 22.7 Å². The molecule has 0 spiro atoms. The number of hydrogen-bond donors (Lipinski definition) is 1. The molecule has 6 nitrogen and oxygen atoms in total. The van der Waals surface area contributed by atoms with Gasteiger partial charge in [-0.1, -0.05) is 11.6 Å². The van der Waals surface area contributed by atoms with Crippen molar-refractivity contribution in [1.29, 1.82) is 0 Å². The Hall–Kier alpha value is -1.71. The number of halogens is 2. The van der Waals surface area contributed by atoms with Crippen molar-refractivity contribution in [3.8, 4) is 0 Å². The van der Waals surface area contributed by atoms with Gasteiger partial charge in [0.2, 0.25) is 0 Å². The highest BCUT2D eigenvalue weighted by molar-refractivity contribution is 7.93. The van der Waals surface area contributed by atoms with Crippen molar-refractivity contribution in [2.45, 2.75) is 4.90 Å². The Morgan fingerprint density at radius 3 is 2.65 bits per heavy atom. The lowest BCUT2D eigenvalue weighted by molar-refractivity contribution is 0.206. The van der Waals surface area contributed by atoms with E-state index in [0.717, 1.165) is 29.5 Å². The van der Waals surface area contributed by atoms with E-state index in [1.807, 2.05) is 0 Å². The molecule has 0 saturated carbocycles. The van der Waals surface area contributed by atoms with Crippen LogP contribution in [-0.4, -0.2) is 24.6 Å². The molecule has 2 rings (SSSR count). The van der Waals surface area contributed by atoms with E-state index in [-0.39, 0.29) is 10.1 Å². The van der Waals surface area contributed by atoms with E-state index in [1.165, 1.54) is 10.9 Å². The van der Waals surface area contributed by atoms with Gasteiger partial charge < -0.3 is 5.11 Å². The number of thiazole rings is 1. The van der Waals surface area contributed by atoms with E-state index < -0.39 is 31.9 Å². The largest absolute Gasteiger partial charge is 0.464 e. The number of carbonyl (C=O) groups is 1. The molecule has 0 fully saturated rings. The fraction of sp³-hybridized carbons (Fsp3) is 0. The summed E-state index contributed by atoms with van der Waals surface area (Å²) in [7, 11) is -4.44. The molecule has 0 aliphatic rings. The quantitative estimate of drug-likeness (QED) is 0.931. The molecule has 0 saturated heterocycles. The molecule has 2 aromatic rings. The Kier molecular flexibility index (Phi) is 3.93. The first kappa shape index (κ1) is 14.7. The molecule has 1 N–H and O–H groups in total. The van der Waals surface area contributed by atoms with E-state index >= 15 is 0 Å². The second-order valence-electron chi connectivity index (χ2n) is 3.47. The number of amides is 1. The zero-order chi connectivity index (χ0) is 14.9. The van der Waals surface area contributed by atoms with Crippen molar-refractivity contribution in [2.75, 3.05) is 4.31 Å². The smallest absolute Gasteiger partial charge is 0.427 e. The number of hydrogen-bond acceptors (Lipinski definition) is 5. The minimum absolute atomic E-state index is 0.104. The Bertz CT molecular complexity index is 749. The average Bonchev–Trinajstić information content (AvgIpc) is 2.85. The van der Waals surface area contributed by atoms with E-state index in [4.69, 9.17) is 16.7 Å². The van der Waals surface area contributed by atoms with Gasteiger partial charge in [-0.2, -0.15) is 0 Å². The lowest BCUT2D eigenvalue weighted by Gasteiger charge is -2.16. The topological polar surface area (TPSA) is 87.6 Å². The zero-order valence-electron chi connectivity index (χ0n) is 9.53. The van der Waals surface area contributed by atoms with Crippen LogP contribution < -0.4 is 4.31 Å². The summed E-state index contributed by atoms with van der Waals surface area (Å²) in [5.41, 5.74) is 1.29. The van der Waals surface area contributed by atoms with Crippen LogP contribution in [0.1, 0.15) is 0 Å². The van der Waals surface area contributed by atoms with Crippen LogP contribution in [0, 0.1) is 5.82 Å². The summed E-state index contributed by atoms with van der Waals surface area (Å²) in [5, 5.41) is 9.91. The molecule has 1 aromatic heterocycles. The molecule has 0 aliphatic heterocycles. The maximum absolute atomic E-state index is 13.1. The number of aromatic nitrogens is 1. The first-order chi connectivity index (χ1) is 9.34. The van der Waals surface area contributed by atoms with Crippen LogP contribution >= 0.6 is 22.9 Å². The zero-order valence-corrected chi connectivity index (χ0v) is 11.9. The van der Waals surface area contributed by atoms with Gasteiger partial charge in [0.25, 0.3) is 10.0 Å². The van der Waals surface area contributed by atoms with Gasteiger partial charge >= 0.3 is 6.09 Å². The first-order valence-corrected chi connectivity index (χ1v) is 7.71. The summed E-state index contributed by atoms with van der Waals surface area (Å²) in [6.07, 6.45) is -1.73. The lowest BCUT2D eigenvalue weighted by atomic mass is 10.3. The number of anilines is 1. The molecular formula is C10H6ClFN2O4S2. The fourth-order valence-corrected chi connectivity index (χ4v) is 3.47. The molecule has 0 unspecified atom stereocenters. The predicted molar refractivity (Wildman–Crippen MR) is 71.2 cm³/mol. The Labute approximate surface area is 122 Å². The highest BCUT2D eigenvalue weighted by Gasteiger charge is 2.32. The van der Waals surface area contributed by atoms with E-state index in [1.54, 1.807) is 0 Å². The number of nitrogens with zero attached hydrogens (tertiary/aromatic N) is 2. The highest BCUT2D eigenvalue weighted by Crippen LogP contribution is 2.26. The summed E-state index contributed by atoms with van der Waals surface area (Å²) < 4.78 is 37.7. The molecule has 20 heavy (non-hydrogen) atoms. The van der Waals surface area contributed by atoms with Crippen LogP contribution in [0.3, 0.4) is 0 Å². The monoisotopic (exact) mass is 336 g/mol. The third-order valence-electron chi connectivity index (χ3n) is 2.23. The minimum Gasteiger partial charge on any atom is -0.464 e. The average molecular weight is 337 g/mol. The van der Waals surface area contributed by atoms with Crippen molar-refractivity contribution in [2.24, 2.45) is 0 Å². The lowest BCUT2D eigenvalue weighted by Crippen LogP contribution is -2.36. The molecule has 0 atom stereocenters. The van der Waals surface area contributed by atoms with Gasteiger partial charge in [-0.25, -0.2) is 22.6 Å². The highest BCUT2D eigenvalue weighted by atomic mass is 35.5. The minimum atomic E-state index is -4.44. The van der Waals surface area contributed by atoms with Gasteiger partial charge in [0.05, 0.1) is 15.4 Å². The standard InChI is InChI=1S/C10H6ClFN2O4S2/c11-7-3-6(1-2-8(7)12)20(17,18)14(10(15)16)9-4-19-5-13-9/h1-5H,(H,15,16). The molecule has 0 bridgehead atoms. The molecular weight excluding hydrogens is 331 g/mol. The van der Waals surface area contributed by atoms with Crippen LogP contribution in [0.4, 0.5) is 15.0 Å². The summed E-state index contributed by atoms with van der Waals surface area (Å²) in [4.78, 5) is 14.4.